The van der Waals surface area contributed by atoms with Gasteiger partial charge in [-0.1, -0.05) is 42.5 Å². The molecule has 170 valence electrons. The van der Waals surface area contributed by atoms with Crippen LogP contribution in [0.5, 0.6) is 0 Å². The first-order chi connectivity index (χ1) is 16.4. The van der Waals surface area contributed by atoms with E-state index in [2.05, 4.69) is 10.6 Å². The maximum Gasteiger partial charge on any atom is 0.267 e. The van der Waals surface area contributed by atoms with Gasteiger partial charge in [-0.3, -0.25) is 19.0 Å². The largest absolute Gasteiger partial charge is 0.345 e. The molecule has 0 saturated carbocycles. The highest BCUT2D eigenvalue weighted by molar-refractivity contribution is 6.04. The van der Waals surface area contributed by atoms with Crippen LogP contribution in [0.2, 0.25) is 0 Å². The zero-order valence-corrected chi connectivity index (χ0v) is 18.4. The molecule has 3 aromatic carbocycles. The average Bonchev–Trinajstić information content (AvgIpc) is 2.85. The van der Waals surface area contributed by atoms with Crippen molar-refractivity contribution >= 4 is 17.5 Å². The molecule has 0 radical (unpaired) electrons. The summed E-state index contributed by atoms with van der Waals surface area (Å²) in [4.78, 5) is 38.1. The van der Waals surface area contributed by atoms with Crippen LogP contribution in [-0.4, -0.2) is 16.4 Å². The van der Waals surface area contributed by atoms with E-state index in [0.29, 0.717) is 11.4 Å². The summed E-state index contributed by atoms with van der Waals surface area (Å²) in [6.07, 6.45) is 1.56. The summed E-state index contributed by atoms with van der Waals surface area (Å²) >= 11 is 0. The third-order valence-electron chi connectivity index (χ3n) is 5.36. The summed E-state index contributed by atoms with van der Waals surface area (Å²) < 4.78 is 15.2. The van der Waals surface area contributed by atoms with Gasteiger partial charge in [0.2, 0.25) is 0 Å². The first-order valence-electron chi connectivity index (χ1n) is 10.7. The highest BCUT2D eigenvalue weighted by Gasteiger charge is 2.16. The van der Waals surface area contributed by atoms with Gasteiger partial charge in [0.05, 0.1) is 11.6 Å². The fraction of sp³-hybridized carbons (Fsp3) is 0.0741. The molecule has 1 atom stereocenters. The lowest BCUT2D eigenvalue weighted by atomic mass is 10.1. The van der Waals surface area contributed by atoms with Crippen LogP contribution in [-0.2, 0) is 0 Å². The number of halogens is 1. The summed E-state index contributed by atoms with van der Waals surface area (Å²) in [6.45, 7) is 1.85. The number of hydrogen-bond acceptors (Lipinski definition) is 3. The monoisotopic (exact) mass is 455 g/mol. The van der Waals surface area contributed by atoms with E-state index in [1.807, 2.05) is 37.3 Å². The number of rotatable bonds is 6. The molecule has 4 aromatic rings. The van der Waals surface area contributed by atoms with Gasteiger partial charge in [0, 0.05) is 17.6 Å². The molecule has 0 spiro atoms. The molecule has 4 rings (SSSR count). The summed E-state index contributed by atoms with van der Waals surface area (Å²) in [5.74, 6) is -1.65. The summed E-state index contributed by atoms with van der Waals surface area (Å²) in [5.41, 5.74) is 1.37. The molecule has 0 unspecified atom stereocenters. The fourth-order valence-electron chi connectivity index (χ4n) is 3.52. The number of anilines is 1. The van der Waals surface area contributed by atoms with E-state index in [1.54, 1.807) is 42.6 Å². The summed E-state index contributed by atoms with van der Waals surface area (Å²) in [5, 5.41) is 5.48. The molecule has 34 heavy (non-hydrogen) atoms. The zero-order valence-electron chi connectivity index (χ0n) is 18.4. The van der Waals surface area contributed by atoms with Crippen molar-refractivity contribution in [3.63, 3.8) is 0 Å². The SMILES string of the molecule is C[C@@H](NC(=O)c1cccn(-c2ccc(NC(=O)c3ccccc3F)cc2)c1=O)c1ccccc1. The van der Waals surface area contributed by atoms with Crippen molar-refractivity contribution < 1.29 is 14.0 Å². The van der Waals surface area contributed by atoms with Crippen molar-refractivity contribution in [2.45, 2.75) is 13.0 Å². The Morgan fingerprint density at radius 1 is 0.794 bits per heavy atom. The Bertz CT molecular complexity index is 1380. The second-order valence-electron chi connectivity index (χ2n) is 7.68. The molecule has 2 amide bonds. The molecule has 0 fully saturated rings. The minimum Gasteiger partial charge on any atom is -0.345 e. The maximum atomic E-state index is 13.8. The van der Waals surface area contributed by atoms with Crippen molar-refractivity contribution in [1.29, 1.82) is 0 Å². The zero-order chi connectivity index (χ0) is 24.1. The highest BCUT2D eigenvalue weighted by Crippen LogP contribution is 2.16. The van der Waals surface area contributed by atoms with Gasteiger partial charge in [0.25, 0.3) is 17.4 Å². The Hall–Kier alpha value is -4.52. The van der Waals surface area contributed by atoms with Crippen LogP contribution in [0.4, 0.5) is 10.1 Å². The smallest absolute Gasteiger partial charge is 0.267 e. The summed E-state index contributed by atoms with van der Waals surface area (Å²) in [7, 11) is 0. The van der Waals surface area contributed by atoms with Gasteiger partial charge in [-0.05, 0) is 61.0 Å². The van der Waals surface area contributed by atoms with Crippen molar-refractivity contribution in [3.8, 4) is 5.69 Å². The van der Waals surface area contributed by atoms with Crippen molar-refractivity contribution in [3.05, 3.63) is 130 Å². The second kappa shape index (κ2) is 9.95. The fourth-order valence-corrected chi connectivity index (χ4v) is 3.52. The molecule has 6 nitrogen and oxygen atoms in total. The third kappa shape index (κ3) is 4.94. The molecule has 0 saturated heterocycles. The van der Waals surface area contributed by atoms with Crippen LogP contribution in [0.1, 0.15) is 39.2 Å². The Morgan fingerprint density at radius 2 is 1.44 bits per heavy atom. The lowest BCUT2D eigenvalue weighted by molar-refractivity contribution is 0.0937. The summed E-state index contributed by atoms with van der Waals surface area (Å²) in [6, 6.07) is 24.5. The van der Waals surface area contributed by atoms with Gasteiger partial charge in [0.1, 0.15) is 11.4 Å². The molecular formula is C27H22FN3O3. The quantitative estimate of drug-likeness (QED) is 0.442. The minimum atomic E-state index is -0.611. The Balaban J connectivity index is 1.51. The number of carbonyl (C=O) groups excluding carboxylic acids is 2. The van der Waals surface area contributed by atoms with Crippen LogP contribution in [0, 0.1) is 5.82 Å². The van der Waals surface area contributed by atoms with Crippen molar-refractivity contribution in [2.24, 2.45) is 0 Å². The predicted molar refractivity (Wildman–Crippen MR) is 129 cm³/mol. The second-order valence-corrected chi connectivity index (χ2v) is 7.68. The van der Waals surface area contributed by atoms with Crippen LogP contribution in [0.25, 0.3) is 5.69 Å². The topological polar surface area (TPSA) is 80.2 Å². The van der Waals surface area contributed by atoms with Crippen molar-refractivity contribution in [1.82, 2.24) is 9.88 Å². The molecule has 1 heterocycles. The Labute approximate surface area is 195 Å². The van der Waals surface area contributed by atoms with E-state index in [9.17, 15) is 18.8 Å². The lowest BCUT2D eigenvalue weighted by Crippen LogP contribution is -2.33. The number of hydrogen-bond donors (Lipinski definition) is 2. The lowest BCUT2D eigenvalue weighted by Gasteiger charge is -2.15. The van der Waals surface area contributed by atoms with E-state index in [-0.39, 0.29) is 17.2 Å². The normalized spacial score (nSPS) is 11.5. The molecule has 2 N–H and O–H groups in total. The minimum absolute atomic E-state index is 0.0159. The molecule has 0 bridgehead atoms. The van der Waals surface area contributed by atoms with E-state index in [1.165, 1.54) is 28.8 Å². The van der Waals surface area contributed by atoms with Gasteiger partial charge >= 0.3 is 0 Å². The third-order valence-corrected chi connectivity index (χ3v) is 5.36. The van der Waals surface area contributed by atoms with Crippen LogP contribution in [0.15, 0.2) is 102 Å². The molecule has 1 aromatic heterocycles. The predicted octanol–water partition coefficient (Wildman–Crippen LogP) is 4.72. The van der Waals surface area contributed by atoms with E-state index in [4.69, 9.17) is 0 Å². The van der Waals surface area contributed by atoms with E-state index < -0.39 is 23.2 Å². The highest BCUT2D eigenvalue weighted by atomic mass is 19.1. The van der Waals surface area contributed by atoms with Gasteiger partial charge in [-0.2, -0.15) is 0 Å². The van der Waals surface area contributed by atoms with Crippen LogP contribution < -0.4 is 16.2 Å². The van der Waals surface area contributed by atoms with Crippen LogP contribution >= 0.6 is 0 Å². The number of amides is 2. The number of benzene rings is 3. The van der Waals surface area contributed by atoms with Gasteiger partial charge in [0.15, 0.2) is 0 Å². The van der Waals surface area contributed by atoms with Gasteiger partial charge < -0.3 is 10.6 Å². The average molecular weight is 455 g/mol. The number of carbonyl (C=O) groups is 2. The Morgan fingerprint density at radius 3 is 2.15 bits per heavy atom. The molecule has 0 aliphatic rings. The molecule has 0 aliphatic carbocycles. The first-order valence-corrected chi connectivity index (χ1v) is 10.7. The van der Waals surface area contributed by atoms with Gasteiger partial charge in [-0.25, -0.2) is 4.39 Å². The maximum absolute atomic E-state index is 13.8. The number of pyridine rings is 1. The van der Waals surface area contributed by atoms with E-state index in [0.717, 1.165) is 5.56 Å². The first kappa shape index (κ1) is 22.7. The molecular weight excluding hydrogens is 433 g/mol. The van der Waals surface area contributed by atoms with E-state index >= 15 is 0 Å². The molecule has 7 heteroatoms. The molecule has 0 aliphatic heterocycles. The van der Waals surface area contributed by atoms with Crippen molar-refractivity contribution in [2.75, 3.05) is 5.32 Å². The van der Waals surface area contributed by atoms with Gasteiger partial charge in [-0.15, -0.1) is 0 Å². The number of nitrogens with one attached hydrogen (secondary N) is 2. The number of aromatic nitrogens is 1. The number of nitrogens with zero attached hydrogens (tertiary/aromatic N) is 1. The Kier molecular flexibility index (Phi) is 6.64. The standard InChI is InChI=1S/C27H22FN3O3/c1-18(19-8-3-2-4-9-19)29-26(33)23-11-7-17-31(27(23)34)21-15-13-20(14-16-21)30-25(32)22-10-5-6-12-24(22)28/h2-18H,1H3,(H,29,33)(H,30,32)/t18-/m1/s1. The van der Waals surface area contributed by atoms with Crippen LogP contribution in [0.3, 0.4) is 0 Å².